The van der Waals surface area contributed by atoms with Crippen LogP contribution in [0.15, 0.2) is 29.3 Å². The molecule has 1 heterocycles. The summed E-state index contributed by atoms with van der Waals surface area (Å²) >= 11 is 0. The van der Waals surface area contributed by atoms with Crippen LogP contribution < -0.4 is 4.72 Å². The van der Waals surface area contributed by atoms with Crippen molar-refractivity contribution in [3.8, 4) is 0 Å². The van der Waals surface area contributed by atoms with Gasteiger partial charge in [0.1, 0.15) is 16.5 Å². The number of hydrogen-bond acceptors (Lipinski definition) is 3. The molecule has 1 aromatic heterocycles. The predicted octanol–water partition coefficient (Wildman–Crippen LogP) is 2.05. The minimum Gasteiger partial charge on any atom is -0.273 e. The van der Waals surface area contributed by atoms with Crippen LogP contribution in [0.25, 0.3) is 0 Å². The molecule has 2 rings (SSSR count). The van der Waals surface area contributed by atoms with Gasteiger partial charge in [-0.1, -0.05) is 0 Å². The average molecular weight is 315 g/mol. The fourth-order valence-electron chi connectivity index (χ4n) is 1.99. The molecule has 0 bridgehead atoms. The second kappa shape index (κ2) is 5.53. The van der Waals surface area contributed by atoms with Gasteiger partial charge in [-0.3, -0.25) is 4.68 Å². The Morgan fingerprint density at radius 1 is 1.33 bits per heavy atom. The van der Waals surface area contributed by atoms with Gasteiger partial charge in [-0.15, -0.1) is 0 Å². The van der Waals surface area contributed by atoms with Crippen LogP contribution in [0.3, 0.4) is 0 Å². The molecule has 0 amide bonds. The van der Waals surface area contributed by atoms with E-state index in [2.05, 4.69) is 9.82 Å². The second-order valence-corrected chi connectivity index (χ2v) is 6.41. The predicted molar refractivity (Wildman–Crippen MR) is 73.0 cm³/mol. The van der Waals surface area contributed by atoms with Crippen molar-refractivity contribution in [2.75, 3.05) is 0 Å². The van der Waals surface area contributed by atoms with E-state index in [1.54, 1.807) is 31.8 Å². The van der Waals surface area contributed by atoms with Crippen LogP contribution in [0, 0.1) is 18.6 Å². The van der Waals surface area contributed by atoms with Gasteiger partial charge in [-0.2, -0.15) is 5.10 Å². The van der Waals surface area contributed by atoms with Gasteiger partial charge in [-0.25, -0.2) is 21.9 Å². The summed E-state index contributed by atoms with van der Waals surface area (Å²) in [6, 6.07) is 1.75. The maximum Gasteiger partial charge on any atom is 0.244 e. The Hall–Kier alpha value is -1.80. The van der Waals surface area contributed by atoms with E-state index < -0.39 is 32.6 Å². The van der Waals surface area contributed by atoms with Crippen LogP contribution in [0.1, 0.15) is 24.2 Å². The zero-order chi connectivity index (χ0) is 15.8. The summed E-state index contributed by atoms with van der Waals surface area (Å²) in [6.45, 7) is 3.43. The molecule has 0 aliphatic heterocycles. The van der Waals surface area contributed by atoms with E-state index in [0.717, 1.165) is 17.8 Å². The van der Waals surface area contributed by atoms with E-state index in [1.807, 2.05) is 0 Å². The molecule has 0 fully saturated rings. The van der Waals surface area contributed by atoms with E-state index in [0.29, 0.717) is 11.6 Å². The third-order valence-corrected chi connectivity index (χ3v) is 4.83. The van der Waals surface area contributed by atoms with Crippen molar-refractivity contribution in [2.24, 2.45) is 7.05 Å². The van der Waals surface area contributed by atoms with Crippen molar-refractivity contribution in [2.45, 2.75) is 24.8 Å². The fourth-order valence-corrected chi connectivity index (χ4v) is 3.28. The number of halogens is 2. The summed E-state index contributed by atoms with van der Waals surface area (Å²) in [5.74, 6) is -1.96. The zero-order valence-corrected chi connectivity index (χ0v) is 12.6. The summed E-state index contributed by atoms with van der Waals surface area (Å²) in [4.78, 5) is -0.586. The Bertz CT molecular complexity index is 772. The third kappa shape index (κ3) is 3.11. The number of sulfonamides is 1. The summed E-state index contributed by atoms with van der Waals surface area (Å²) in [7, 11) is -2.36. The van der Waals surface area contributed by atoms with Gasteiger partial charge in [0, 0.05) is 30.4 Å². The minimum atomic E-state index is -4.09. The van der Waals surface area contributed by atoms with E-state index in [9.17, 15) is 17.2 Å². The molecular formula is C13H15F2N3O2S. The number of hydrogen-bond donors (Lipinski definition) is 1. The number of nitrogens with zero attached hydrogens (tertiary/aromatic N) is 2. The van der Waals surface area contributed by atoms with Crippen molar-refractivity contribution in [3.63, 3.8) is 0 Å². The van der Waals surface area contributed by atoms with Crippen LogP contribution in [-0.4, -0.2) is 18.2 Å². The largest absolute Gasteiger partial charge is 0.273 e. The molecule has 1 atom stereocenters. The van der Waals surface area contributed by atoms with Gasteiger partial charge in [-0.05, 0) is 26.0 Å². The van der Waals surface area contributed by atoms with Crippen molar-refractivity contribution in [1.82, 2.24) is 14.5 Å². The summed E-state index contributed by atoms with van der Waals surface area (Å²) in [5.41, 5.74) is 1.48. The van der Waals surface area contributed by atoms with Gasteiger partial charge < -0.3 is 0 Å². The molecule has 0 spiro atoms. The van der Waals surface area contributed by atoms with Gasteiger partial charge in [0.25, 0.3) is 0 Å². The summed E-state index contributed by atoms with van der Waals surface area (Å²) in [6.07, 6.45) is 1.55. The number of benzene rings is 1. The number of rotatable bonds is 4. The highest BCUT2D eigenvalue weighted by Gasteiger charge is 2.24. The van der Waals surface area contributed by atoms with E-state index in [4.69, 9.17) is 0 Å². The van der Waals surface area contributed by atoms with Gasteiger partial charge in [0.15, 0.2) is 0 Å². The normalized spacial score (nSPS) is 13.4. The molecule has 0 saturated heterocycles. The third-order valence-electron chi connectivity index (χ3n) is 3.26. The first-order valence-corrected chi connectivity index (χ1v) is 7.66. The Balaban J connectivity index is 2.31. The van der Waals surface area contributed by atoms with Crippen molar-refractivity contribution >= 4 is 10.0 Å². The maximum atomic E-state index is 13.6. The fraction of sp³-hybridized carbons (Fsp3) is 0.308. The monoisotopic (exact) mass is 315 g/mol. The lowest BCUT2D eigenvalue weighted by Gasteiger charge is -2.14. The molecule has 2 aromatic rings. The lowest BCUT2D eigenvalue weighted by molar-refractivity contribution is 0.536. The molecule has 0 radical (unpaired) electrons. The molecule has 0 aliphatic rings. The molecule has 1 N–H and O–H groups in total. The van der Waals surface area contributed by atoms with E-state index in [1.165, 1.54) is 0 Å². The summed E-state index contributed by atoms with van der Waals surface area (Å²) in [5, 5.41) is 4.03. The highest BCUT2D eigenvalue weighted by Crippen LogP contribution is 2.21. The Kier molecular flexibility index (Phi) is 4.11. The number of aromatic nitrogens is 2. The second-order valence-electron chi connectivity index (χ2n) is 4.73. The SMILES string of the molecule is Cc1c(C(C)NS(=O)(=O)c2ccc(F)cc2F)cnn1C. The van der Waals surface area contributed by atoms with Crippen LogP contribution in [0.2, 0.25) is 0 Å². The van der Waals surface area contributed by atoms with Crippen LogP contribution in [0.5, 0.6) is 0 Å². The molecule has 0 saturated carbocycles. The maximum absolute atomic E-state index is 13.6. The van der Waals surface area contributed by atoms with Gasteiger partial charge in [0.2, 0.25) is 10.0 Å². The number of aryl methyl sites for hydroxylation is 1. The Morgan fingerprint density at radius 2 is 2.00 bits per heavy atom. The first-order valence-electron chi connectivity index (χ1n) is 6.18. The smallest absolute Gasteiger partial charge is 0.244 e. The van der Waals surface area contributed by atoms with Crippen LogP contribution in [-0.2, 0) is 17.1 Å². The van der Waals surface area contributed by atoms with Crippen molar-refractivity contribution < 1.29 is 17.2 Å². The molecular weight excluding hydrogens is 300 g/mol. The van der Waals surface area contributed by atoms with Gasteiger partial charge >= 0.3 is 0 Å². The van der Waals surface area contributed by atoms with E-state index in [-0.39, 0.29) is 0 Å². The summed E-state index contributed by atoms with van der Waals surface area (Å²) < 4.78 is 54.8. The number of nitrogens with one attached hydrogen (secondary N) is 1. The molecule has 1 unspecified atom stereocenters. The Morgan fingerprint density at radius 3 is 2.52 bits per heavy atom. The van der Waals surface area contributed by atoms with E-state index >= 15 is 0 Å². The van der Waals surface area contributed by atoms with Gasteiger partial charge in [0.05, 0.1) is 6.20 Å². The molecule has 8 heteroatoms. The van der Waals surface area contributed by atoms with Crippen molar-refractivity contribution in [1.29, 1.82) is 0 Å². The van der Waals surface area contributed by atoms with Crippen molar-refractivity contribution in [3.05, 3.63) is 47.3 Å². The highest BCUT2D eigenvalue weighted by atomic mass is 32.2. The first-order chi connectivity index (χ1) is 9.72. The lowest BCUT2D eigenvalue weighted by Crippen LogP contribution is -2.28. The zero-order valence-electron chi connectivity index (χ0n) is 11.8. The van der Waals surface area contributed by atoms with Crippen LogP contribution >= 0.6 is 0 Å². The molecule has 1 aromatic carbocycles. The molecule has 5 nitrogen and oxygen atoms in total. The minimum absolute atomic E-state index is 0.536. The molecule has 21 heavy (non-hydrogen) atoms. The quantitative estimate of drug-likeness (QED) is 0.939. The first kappa shape index (κ1) is 15.6. The Labute approximate surface area is 121 Å². The molecule has 114 valence electrons. The molecule has 0 aliphatic carbocycles. The highest BCUT2D eigenvalue weighted by molar-refractivity contribution is 7.89. The van der Waals surface area contributed by atoms with Crippen LogP contribution in [0.4, 0.5) is 8.78 Å². The topological polar surface area (TPSA) is 64.0 Å². The lowest BCUT2D eigenvalue weighted by atomic mass is 10.1. The standard InChI is InChI=1S/C13H15F2N3O2S/c1-8(11-7-16-18(3)9(11)2)17-21(19,20)13-5-4-10(14)6-12(13)15/h4-8,17H,1-3H3. The average Bonchev–Trinajstić information content (AvgIpc) is 2.68.